The van der Waals surface area contributed by atoms with Gasteiger partial charge in [-0.3, -0.25) is 0 Å². The molecule has 0 amide bonds. The lowest BCUT2D eigenvalue weighted by molar-refractivity contribution is 0.294. The van der Waals surface area contributed by atoms with Crippen molar-refractivity contribution in [1.82, 2.24) is 0 Å². The van der Waals surface area contributed by atoms with E-state index in [0.29, 0.717) is 11.5 Å². The highest BCUT2D eigenvalue weighted by Crippen LogP contribution is 2.56. The van der Waals surface area contributed by atoms with Crippen molar-refractivity contribution >= 4 is 0 Å². The smallest absolute Gasteiger partial charge is 0.191 e. The molecule has 0 fully saturated rings. The van der Waals surface area contributed by atoms with Crippen LogP contribution in [0, 0.1) is 45.3 Å². The standard InChI is InChI=1S/C28H26N4O3/c1-33-20-9-11-21(12-10-20)35-15-19-8-7-18(13-25(19)34-2)26-23-6-4-3-5-22(23)24(14-29)27(32)28(26,16-30)17-31/h5,7-13,23,26H,3-4,6,15,32H2,1-2H3. The summed E-state index contributed by atoms with van der Waals surface area (Å²) in [5, 5.41) is 30.2. The van der Waals surface area contributed by atoms with Crippen LogP contribution >= 0.6 is 0 Å². The van der Waals surface area contributed by atoms with Crippen molar-refractivity contribution in [3.05, 3.63) is 76.5 Å². The molecule has 2 atom stereocenters. The number of nitrogens with two attached hydrogens (primary N) is 1. The number of fused-ring (bicyclic) bond motifs is 1. The first-order valence-corrected chi connectivity index (χ1v) is 11.4. The Balaban J connectivity index is 1.72. The number of benzene rings is 2. The van der Waals surface area contributed by atoms with Crippen molar-refractivity contribution in [2.24, 2.45) is 17.1 Å². The van der Waals surface area contributed by atoms with Crippen molar-refractivity contribution in [1.29, 1.82) is 15.8 Å². The summed E-state index contributed by atoms with van der Waals surface area (Å²) >= 11 is 0. The number of allylic oxidation sites excluding steroid dienone is 4. The van der Waals surface area contributed by atoms with Gasteiger partial charge in [0, 0.05) is 11.5 Å². The normalized spacial score (nSPS) is 20.4. The number of nitriles is 3. The van der Waals surface area contributed by atoms with Gasteiger partial charge in [0.15, 0.2) is 5.41 Å². The minimum Gasteiger partial charge on any atom is -0.497 e. The lowest BCUT2D eigenvalue weighted by Crippen LogP contribution is -2.42. The summed E-state index contributed by atoms with van der Waals surface area (Å²) in [6, 6.07) is 19.5. The van der Waals surface area contributed by atoms with Crippen LogP contribution in [0.1, 0.15) is 36.3 Å². The number of rotatable bonds is 6. The lowest BCUT2D eigenvalue weighted by atomic mass is 9.56. The lowest BCUT2D eigenvalue weighted by Gasteiger charge is -2.43. The maximum Gasteiger partial charge on any atom is 0.191 e. The van der Waals surface area contributed by atoms with Gasteiger partial charge in [0.1, 0.15) is 29.9 Å². The Hall–Kier alpha value is -4.41. The summed E-state index contributed by atoms with van der Waals surface area (Å²) < 4.78 is 16.8. The van der Waals surface area contributed by atoms with E-state index >= 15 is 0 Å². The number of nitrogens with zero attached hydrogens (tertiary/aromatic N) is 3. The molecule has 0 spiro atoms. The van der Waals surface area contributed by atoms with Gasteiger partial charge >= 0.3 is 0 Å². The molecule has 0 saturated carbocycles. The van der Waals surface area contributed by atoms with Crippen LogP contribution < -0.4 is 19.9 Å². The summed E-state index contributed by atoms with van der Waals surface area (Å²) in [7, 11) is 3.19. The van der Waals surface area contributed by atoms with E-state index in [2.05, 4.69) is 18.2 Å². The fourth-order valence-corrected chi connectivity index (χ4v) is 5.16. The third kappa shape index (κ3) is 4.05. The van der Waals surface area contributed by atoms with E-state index in [4.69, 9.17) is 19.9 Å². The molecule has 2 aromatic carbocycles. The van der Waals surface area contributed by atoms with Gasteiger partial charge in [0.05, 0.1) is 37.6 Å². The Morgan fingerprint density at radius 2 is 1.71 bits per heavy atom. The molecule has 0 aliphatic heterocycles. The van der Waals surface area contributed by atoms with Gasteiger partial charge in [-0.05, 0) is 66.6 Å². The molecule has 7 nitrogen and oxygen atoms in total. The highest BCUT2D eigenvalue weighted by molar-refractivity contribution is 5.59. The van der Waals surface area contributed by atoms with E-state index in [9.17, 15) is 15.8 Å². The zero-order valence-electron chi connectivity index (χ0n) is 19.7. The van der Waals surface area contributed by atoms with E-state index in [1.165, 1.54) is 0 Å². The van der Waals surface area contributed by atoms with E-state index in [-0.39, 0.29) is 23.8 Å². The van der Waals surface area contributed by atoms with Gasteiger partial charge in [-0.15, -0.1) is 0 Å². The molecule has 0 aromatic heterocycles. The molecule has 2 unspecified atom stereocenters. The Labute approximate surface area is 205 Å². The summed E-state index contributed by atoms with van der Waals surface area (Å²) in [4.78, 5) is 0. The molecule has 4 rings (SSSR count). The van der Waals surface area contributed by atoms with Gasteiger partial charge < -0.3 is 19.9 Å². The molecule has 0 radical (unpaired) electrons. The number of hydrogen-bond donors (Lipinski definition) is 1. The molecule has 7 heteroatoms. The summed E-state index contributed by atoms with van der Waals surface area (Å²) in [6.07, 6.45) is 4.56. The van der Waals surface area contributed by atoms with Gasteiger partial charge in [-0.2, -0.15) is 15.8 Å². The van der Waals surface area contributed by atoms with Crippen molar-refractivity contribution < 1.29 is 14.2 Å². The van der Waals surface area contributed by atoms with Crippen LogP contribution in [0.25, 0.3) is 0 Å². The SMILES string of the molecule is COc1ccc(OCc2ccc(C3C4CCCC=C4C(C#N)=C(N)C3(C#N)C#N)cc2OC)cc1. The van der Waals surface area contributed by atoms with Crippen LogP contribution in [0.2, 0.25) is 0 Å². The highest BCUT2D eigenvalue weighted by atomic mass is 16.5. The van der Waals surface area contributed by atoms with Gasteiger partial charge in [0.25, 0.3) is 0 Å². The zero-order valence-corrected chi connectivity index (χ0v) is 19.7. The van der Waals surface area contributed by atoms with Crippen LogP contribution in [0.5, 0.6) is 17.2 Å². The van der Waals surface area contributed by atoms with Gasteiger partial charge in [0.2, 0.25) is 0 Å². The second-order valence-corrected chi connectivity index (χ2v) is 8.64. The van der Waals surface area contributed by atoms with Gasteiger partial charge in [-0.1, -0.05) is 18.2 Å². The van der Waals surface area contributed by atoms with Gasteiger partial charge in [-0.25, -0.2) is 0 Å². The van der Waals surface area contributed by atoms with Crippen LogP contribution in [0.15, 0.2) is 65.4 Å². The minimum atomic E-state index is -1.64. The quantitative estimate of drug-likeness (QED) is 0.643. The predicted molar refractivity (Wildman–Crippen MR) is 129 cm³/mol. The van der Waals surface area contributed by atoms with Crippen LogP contribution in [-0.2, 0) is 6.61 Å². The van der Waals surface area contributed by atoms with Crippen LogP contribution in [0.4, 0.5) is 0 Å². The monoisotopic (exact) mass is 466 g/mol. The minimum absolute atomic E-state index is 0.0327. The predicted octanol–water partition coefficient (Wildman–Crippen LogP) is 4.88. The summed E-state index contributed by atoms with van der Waals surface area (Å²) in [5.41, 5.74) is 7.47. The second kappa shape index (κ2) is 9.84. The van der Waals surface area contributed by atoms with Crippen molar-refractivity contribution in [2.45, 2.75) is 31.8 Å². The first-order valence-electron chi connectivity index (χ1n) is 11.4. The van der Waals surface area contributed by atoms with Crippen molar-refractivity contribution in [2.75, 3.05) is 14.2 Å². The fraction of sp³-hybridized carbons (Fsp3) is 0.321. The Kier molecular flexibility index (Phi) is 6.67. The Bertz CT molecular complexity index is 1290. The highest BCUT2D eigenvalue weighted by Gasteiger charge is 2.53. The van der Waals surface area contributed by atoms with E-state index in [1.54, 1.807) is 14.2 Å². The average Bonchev–Trinajstić information content (AvgIpc) is 2.91. The Morgan fingerprint density at radius 3 is 2.34 bits per heavy atom. The molecule has 2 aromatic rings. The molecule has 2 aliphatic carbocycles. The average molecular weight is 467 g/mol. The first-order chi connectivity index (χ1) is 17.0. The first kappa shape index (κ1) is 23.7. The topological polar surface area (TPSA) is 125 Å². The molecular weight excluding hydrogens is 440 g/mol. The van der Waals surface area contributed by atoms with E-state index < -0.39 is 11.3 Å². The third-order valence-corrected chi connectivity index (χ3v) is 6.92. The molecule has 176 valence electrons. The molecule has 0 saturated heterocycles. The Morgan fingerprint density at radius 1 is 1.00 bits per heavy atom. The molecule has 2 N–H and O–H groups in total. The summed E-state index contributed by atoms with van der Waals surface area (Å²) in [6.45, 7) is 0.275. The molecule has 2 aliphatic rings. The van der Waals surface area contributed by atoms with Crippen molar-refractivity contribution in [3.8, 4) is 35.5 Å². The molecule has 35 heavy (non-hydrogen) atoms. The fourth-order valence-electron chi connectivity index (χ4n) is 5.16. The summed E-state index contributed by atoms with van der Waals surface area (Å²) in [5.74, 6) is 1.35. The number of methoxy groups -OCH3 is 2. The van der Waals surface area contributed by atoms with Crippen LogP contribution in [-0.4, -0.2) is 14.2 Å². The largest absolute Gasteiger partial charge is 0.497 e. The van der Waals surface area contributed by atoms with E-state index in [0.717, 1.165) is 41.7 Å². The second-order valence-electron chi connectivity index (χ2n) is 8.64. The molecule has 0 heterocycles. The molecule has 0 bridgehead atoms. The van der Waals surface area contributed by atoms with E-state index in [1.807, 2.05) is 48.5 Å². The third-order valence-electron chi connectivity index (χ3n) is 6.92. The molecular formula is C28H26N4O3. The zero-order chi connectivity index (χ0) is 25.0. The number of ether oxygens (including phenoxy) is 3. The van der Waals surface area contributed by atoms with Crippen LogP contribution in [0.3, 0.4) is 0 Å². The maximum atomic E-state index is 10.2. The van der Waals surface area contributed by atoms with Crippen molar-refractivity contribution in [3.63, 3.8) is 0 Å². The number of hydrogen-bond acceptors (Lipinski definition) is 7. The maximum absolute atomic E-state index is 10.2.